The van der Waals surface area contributed by atoms with Gasteiger partial charge in [-0.2, -0.15) is 0 Å². The topological polar surface area (TPSA) is 54.4 Å². The second-order valence-electron chi connectivity index (χ2n) is 4.86. The Kier molecular flexibility index (Phi) is 6.12. The quantitative estimate of drug-likeness (QED) is 0.460. The van der Waals surface area contributed by atoms with Crippen LogP contribution in [0.4, 0.5) is 0 Å². The average Bonchev–Trinajstić information content (AvgIpc) is 2.95. The number of unbranched alkanes of at least 4 members (excludes halogenated alkanes) is 4. The molecule has 3 nitrogen and oxygen atoms in total. The van der Waals surface area contributed by atoms with Crippen LogP contribution in [-0.2, 0) is 9.59 Å². The maximum atomic E-state index is 10.3. The molecule has 1 fully saturated rings. The maximum absolute atomic E-state index is 10.3. The van der Waals surface area contributed by atoms with Crippen molar-refractivity contribution >= 4 is 12.3 Å². The van der Waals surface area contributed by atoms with E-state index in [0.717, 1.165) is 37.9 Å². The molecule has 1 saturated carbocycles. The molecule has 1 aliphatic carbocycles. The fourth-order valence-electron chi connectivity index (χ4n) is 2.29. The SMILES string of the molecule is O=CCC1CC1CCCCCCCC(=O)O. The minimum absolute atomic E-state index is 0.310. The van der Waals surface area contributed by atoms with E-state index in [-0.39, 0.29) is 0 Å². The Hall–Kier alpha value is -0.860. The van der Waals surface area contributed by atoms with Crippen LogP contribution in [-0.4, -0.2) is 17.4 Å². The highest BCUT2D eigenvalue weighted by molar-refractivity contribution is 5.66. The van der Waals surface area contributed by atoms with Gasteiger partial charge in [0.1, 0.15) is 6.29 Å². The normalized spacial score (nSPS) is 23.0. The lowest BCUT2D eigenvalue weighted by Crippen LogP contribution is -1.93. The van der Waals surface area contributed by atoms with Crippen LogP contribution in [0.25, 0.3) is 0 Å². The molecule has 1 rings (SSSR count). The van der Waals surface area contributed by atoms with Gasteiger partial charge in [-0.05, 0) is 24.7 Å². The molecule has 0 radical (unpaired) electrons. The number of hydrogen-bond donors (Lipinski definition) is 1. The molecule has 0 aromatic rings. The second-order valence-corrected chi connectivity index (χ2v) is 4.86. The van der Waals surface area contributed by atoms with Gasteiger partial charge in [-0.15, -0.1) is 0 Å². The predicted octanol–water partition coefficient (Wildman–Crippen LogP) is 3.03. The van der Waals surface area contributed by atoms with Crippen molar-refractivity contribution in [3.05, 3.63) is 0 Å². The standard InChI is InChI=1S/C13H22O3/c14-9-8-12-10-11(12)6-4-2-1-3-5-7-13(15)16/h9,11-12H,1-8,10H2,(H,15,16). The average molecular weight is 226 g/mol. The van der Waals surface area contributed by atoms with Crippen molar-refractivity contribution in [3.63, 3.8) is 0 Å². The first-order valence-corrected chi connectivity index (χ1v) is 6.39. The van der Waals surface area contributed by atoms with Crippen LogP contribution < -0.4 is 0 Å². The summed E-state index contributed by atoms with van der Waals surface area (Å²) in [6.07, 6.45) is 10.1. The second kappa shape index (κ2) is 7.42. The minimum Gasteiger partial charge on any atom is -0.481 e. The van der Waals surface area contributed by atoms with Crippen LogP contribution in [0.15, 0.2) is 0 Å². The first-order chi connectivity index (χ1) is 7.74. The number of carbonyl (C=O) groups is 2. The third kappa shape index (κ3) is 5.89. The number of carboxylic acid groups (broad SMARTS) is 1. The fourth-order valence-corrected chi connectivity index (χ4v) is 2.29. The first kappa shape index (κ1) is 13.2. The zero-order valence-electron chi connectivity index (χ0n) is 9.86. The molecule has 0 saturated heterocycles. The Bertz CT molecular complexity index is 225. The van der Waals surface area contributed by atoms with Gasteiger partial charge in [-0.25, -0.2) is 0 Å². The molecule has 3 heteroatoms. The third-order valence-corrected chi connectivity index (χ3v) is 3.43. The Morgan fingerprint density at radius 1 is 1.12 bits per heavy atom. The van der Waals surface area contributed by atoms with Crippen LogP contribution in [0.2, 0.25) is 0 Å². The first-order valence-electron chi connectivity index (χ1n) is 6.39. The van der Waals surface area contributed by atoms with Gasteiger partial charge in [0.15, 0.2) is 0 Å². The van der Waals surface area contributed by atoms with Crippen LogP contribution in [0.3, 0.4) is 0 Å². The summed E-state index contributed by atoms with van der Waals surface area (Å²) in [5.74, 6) is 0.809. The lowest BCUT2D eigenvalue weighted by Gasteiger charge is -2.00. The van der Waals surface area contributed by atoms with Crippen molar-refractivity contribution in [1.82, 2.24) is 0 Å². The molecule has 0 aliphatic heterocycles. The summed E-state index contributed by atoms with van der Waals surface area (Å²) in [5, 5.41) is 8.45. The molecule has 2 unspecified atom stereocenters. The minimum atomic E-state index is -0.685. The summed E-state index contributed by atoms with van der Waals surface area (Å²) in [6.45, 7) is 0. The molecule has 92 valence electrons. The predicted molar refractivity (Wildman–Crippen MR) is 62.2 cm³/mol. The van der Waals surface area contributed by atoms with Gasteiger partial charge in [-0.1, -0.05) is 32.1 Å². The molecule has 0 heterocycles. The largest absolute Gasteiger partial charge is 0.481 e. The molecule has 1 aliphatic rings. The van der Waals surface area contributed by atoms with E-state index in [9.17, 15) is 9.59 Å². The molecular formula is C13H22O3. The van der Waals surface area contributed by atoms with Gasteiger partial charge in [0, 0.05) is 12.8 Å². The summed E-state index contributed by atoms with van der Waals surface area (Å²) >= 11 is 0. The summed E-state index contributed by atoms with van der Waals surface area (Å²) in [4.78, 5) is 20.5. The van der Waals surface area contributed by atoms with E-state index < -0.39 is 5.97 Å². The Labute approximate surface area is 97.2 Å². The summed E-state index contributed by atoms with van der Waals surface area (Å²) in [7, 11) is 0. The van der Waals surface area contributed by atoms with Crippen molar-refractivity contribution in [1.29, 1.82) is 0 Å². The van der Waals surface area contributed by atoms with E-state index in [4.69, 9.17) is 5.11 Å². The molecule has 0 aromatic heterocycles. The van der Waals surface area contributed by atoms with Crippen LogP contribution >= 0.6 is 0 Å². The molecule has 2 atom stereocenters. The highest BCUT2D eigenvalue weighted by atomic mass is 16.4. The highest BCUT2D eigenvalue weighted by Gasteiger charge is 2.35. The van der Waals surface area contributed by atoms with Gasteiger partial charge < -0.3 is 9.90 Å². The summed E-state index contributed by atoms with van der Waals surface area (Å²) in [6, 6.07) is 0. The summed E-state index contributed by atoms with van der Waals surface area (Å²) in [5.41, 5.74) is 0. The Morgan fingerprint density at radius 2 is 1.81 bits per heavy atom. The molecule has 16 heavy (non-hydrogen) atoms. The smallest absolute Gasteiger partial charge is 0.303 e. The monoisotopic (exact) mass is 226 g/mol. The van der Waals surface area contributed by atoms with E-state index in [1.807, 2.05) is 0 Å². The molecule has 0 bridgehead atoms. The van der Waals surface area contributed by atoms with Crippen molar-refractivity contribution in [2.75, 3.05) is 0 Å². The zero-order valence-corrected chi connectivity index (χ0v) is 9.86. The van der Waals surface area contributed by atoms with Gasteiger partial charge in [0.2, 0.25) is 0 Å². The number of carbonyl (C=O) groups excluding carboxylic acids is 1. The van der Waals surface area contributed by atoms with Gasteiger partial charge in [0.25, 0.3) is 0 Å². The fraction of sp³-hybridized carbons (Fsp3) is 0.846. The number of aldehydes is 1. The zero-order chi connectivity index (χ0) is 11.8. The number of carboxylic acids is 1. The van der Waals surface area contributed by atoms with Crippen molar-refractivity contribution in [2.24, 2.45) is 11.8 Å². The van der Waals surface area contributed by atoms with Crippen LogP contribution in [0.1, 0.15) is 57.8 Å². The van der Waals surface area contributed by atoms with E-state index in [1.54, 1.807) is 0 Å². The lowest BCUT2D eigenvalue weighted by atomic mass is 10.1. The third-order valence-electron chi connectivity index (χ3n) is 3.43. The molecule has 0 aromatic carbocycles. The van der Waals surface area contributed by atoms with Crippen LogP contribution in [0.5, 0.6) is 0 Å². The van der Waals surface area contributed by atoms with E-state index in [0.29, 0.717) is 12.3 Å². The maximum Gasteiger partial charge on any atom is 0.303 e. The number of rotatable bonds is 10. The van der Waals surface area contributed by atoms with E-state index >= 15 is 0 Å². The molecule has 0 amide bonds. The lowest BCUT2D eigenvalue weighted by molar-refractivity contribution is -0.137. The van der Waals surface area contributed by atoms with Gasteiger partial charge in [0.05, 0.1) is 0 Å². The molecule has 0 spiro atoms. The van der Waals surface area contributed by atoms with E-state index in [2.05, 4.69) is 0 Å². The highest BCUT2D eigenvalue weighted by Crippen LogP contribution is 2.44. The number of hydrogen-bond acceptors (Lipinski definition) is 2. The van der Waals surface area contributed by atoms with Crippen molar-refractivity contribution < 1.29 is 14.7 Å². The van der Waals surface area contributed by atoms with Crippen molar-refractivity contribution in [2.45, 2.75) is 57.8 Å². The Morgan fingerprint density at radius 3 is 2.50 bits per heavy atom. The van der Waals surface area contributed by atoms with E-state index in [1.165, 1.54) is 25.7 Å². The molecule has 1 N–H and O–H groups in total. The number of aliphatic carboxylic acids is 1. The molecular weight excluding hydrogens is 204 g/mol. The van der Waals surface area contributed by atoms with Gasteiger partial charge >= 0.3 is 5.97 Å². The Balaban J connectivity index is 1.79. The van der Waals surface area contributed by atoms with Gasteiger partial charge in [-0.3, -0.25) is 4.79 Å². The summed E-state index contributed by atoms with van der Waals surface area (Å²) < 4.78 is 0. The van der Waals surface area contributed by atoms with Crippen molar-refractivity contribution in [3.8, 4) is 0 Å². The van der Waals surface area contributed by atoms with Crippen LogP contribution in [0, 0.1) is 11.8 Å².